The summed E-state index contributed by atoms with van der Waals surface area (Å²) in [5.74, 6) is 0.302. The van der Waals surface area contributed by atoms with Gasteiger partial charge in [-0.3, -0.25) is 14.8 Å². The molecular weight excluding hydrogens is 399 g/mol. The molecule has 2 amide bonds. The van der Waals surface area contributed by atoms with Crippen molar-refractivity contribution in [2.24, 2.45) is 0 Å². The molecule has 164 valence electrons. The number of nitrogens with one attached hydrogen (secondary N) is 2. The lowest BCUT2D eigenvalue weighted by Crippen LogP contribution is -2.47. The number of nitrogen functional groups attached to an aromatic ring is 1. The van der Waals surface area contributed by atoms with Crippen LogP contribution in [0.2, 0.25) is 0 Å². The van der Waals surface area contributed by atoms with Crippen LogP contribution in [-0.2, 0) is 6.54 Å². The Morgan fingerprint density at radius 3 is 2.87 bits per heavy atom. The van der Waals surface area contributed by atoms with Crippen molar-refractivity contribution in [1.82, 2.24) is 29.9 Å². The zero-order valence-corrected chi connectivity index (χ0v) is 17.8. The van der Waals surface area contributed by atoms with Crippen molar-refractivity contribution in [3.8, 4) is 11.4 Å². The number of amides is 2. The van der Waals surface area contributed by atoms with E-state index in [0.717, 1.165) is 32.2 Å². The number of nitrogens with zero attached hydrogens (tertiary/aromatic N) is 5. The first-order valence-corrected chi connectivity index (χ1v) is 10.7. The number of aromatic amines is 1. The van der Waals surface area contributed by atoms with E-state index >= 15 is 0 Å². The van der Waals surface area contributed by atoms with Crippen LogP contribution >= 0.6 is 0 Å². The lowest BCUT2D eigenvalue weighted by Gasteiger charge is -2.36. The van der Waals surface area contributed by atoms with Crippen LogP contribution in [0.25, 0.3) is 22.3 Å². The number of hydrogen-bond acceptors (Lipinski definition) is 5. The van der Waals surface area contributed by atoms with Gasteiger partial charge in [0.15, 0.2) is 5.82 Å². The van der Waals surface area contributed by atoms with Gasteiger partial charge in [0.2, 0.25) is 0 Å². The van der Waals surface area contributed by atoms with E-state index in [9.17, 15) is 9.18 Å². The number of hydrogen-bond donors (Lipinski definition) is 3. The van der Waals surface area contributed by atoms with E-state index in [2.05, 4.69) is 25.6 Å². The van der Waals surface area contributed by atoms with Crippen LogP contribution in [0, 0.1) is 0 Å². The van der Waals surface area contributed by atoms with Crippen molar-refractivity contribution in [3.63, 3.8) is 0 Å². The molecule has 9 nitrogen and oxygen atoms in total. The van der Waals surface area contributed by atoms with E-state index in [1.54, 1.807) is 23.1 Å². The third kappa shape index (κ3) is 3.60. The topological polar surface area (TPSA) is 118 Å². The maximum Gasteiger partial charge on any atom is 0.322 e. The highest BCUT2D eigenvalue weighted by atomic mass is 19.1. The molecule has 31 heavy (non-hydrogen) atoms. The summed E-state index contributed by atoms with van der Waals surface area (Å²) in [7, 11) is 0. The first-order chi connectivity index (χ1) is 14.8. The van der Waals surface area contributed by atoms with E-state index < -0.39 is 5.67 Å². The number of nitrogens with two attached hydrogens (primary N) is 1. The average Bonchev–Trinajstić information content (AvgIpc) is 3.19. The Morgan fingerprint density at radius 1 is 1.32 bits per heavy atom. The summed E-state index contributed by atoms with van der Waals surface area (Å²) >= 11 is 0. The number of urea groups is 1. The Kier molecular flexibility index (Phi) is 4.42. The van der Waals surface area contributed by atoms with Crippen molar-refractivity contribution in [2.75, 3.05) is 17.6 Å². The smallest absolute Gasteiger partial charge is 0.322 e. The second-order valence-corrected chi connectivity index (χ2v) is 9.27. The van der Waals surface area contributed by atoms with E-state index in [1.165, 1.54) is 20.3 Å². The van der Waals surface area contributed by atoms with Crippen molar-refractivity contribution in [1.29, 1.82) is 0 Å². The fraction of sp³-hybridized carbons (Fsp3) is 0.524. The van der Waals surface area contributed by atoms with Gasteiger partial charge in [0.05, 0.1) is 35.0 Å². The Bertz CT molecular complexity index is 1140. The third-order valence-electron chi connectivity index (χ3n) is 6.25. The maximum absolute atomic E-state index is 14.3. The highest BCUT2D eigenvalue weighted by molar-refractivity contribution is 5.95. The summed E-state index contributed by atoms with van der Waals surface area (Å²) in [6.07, 6.45) is 8.64. The summed E-state index contributed by atoms with van der Waals surface area (Å²) in [5, 5.41) is 15.0. The van der Waals surface area contributed by atoms with Gasteiger partial charge in [-0.15, -0.1) is 0 Å². The summed E-state index contributed by atoms with van der Waals surface area (Å²) in [4.78, 5) is 19.5. The van der Waals surface area contributed by atoms with Gasteiger partial charge in [0, 0.05) is 18.3 Å². The number of fused-ring (bicyclic) bond motifs is 1. The second-order valence-electron chi connectivity index (χ2n) is 9.27. The first kappa shape index (κ1) is 19.8. The minimum Gasteiger partial charge on any atom is -0.382 e. The molecule has 3 aromatic rings. The number of alkyl halides is 1. The van der Waals surface area contributed by atoms with Gasteiger partial charge in [0.1, 0.15) is 11.4 Å². The van der Waals surface area contributed by atoms with Crippen LogP contribution in [0.5, 0.6) is 0 Å². The van der Waals surface area contributed by atoms with Gasteiger partial charge in [-0.05, 0) is 52.0 Å². The predicted molar refractivity (Wildman–Crippen MR) is 116 cm³/mol. The quantitative estimate of drug-likeness (QED) is 0.588. The number of anilines is 2. The summed E-state index contributed by atoms with van der Waals surface area (Å²) in [6, 6.07) is 1.69. The van der Waals surface area contributed by atoms with Gasteiger partial charge in [-0.1, -0.05) is 0 Å². The fourth-order valence-electron chi connectivity index (χ4n) is 4.54. The molecule has 1 saturated heterocycles. The highest BCUT2D eigenvalue weighted by Crippen LogP contribution is 2.48. The lowest BCUT2D eigenvalue weighted by molar-refractivity contribution is 0.151. The molecule has 2 fully saturated rings. The molecule has 3 aromatic heterocycles. The highest BCUT2D eigenvalue weighted by Gasteiger charge is 2.51. The monoisotopic (exact) mass is 426 g/mol. The van der Waals surface area contributed by atoms with Gasteiger partial charge in [-0.2, -0.15) is 10.2 Å². The molecule has 1 saturated carbocycles. The number of rotatable bonds is 4. The summed E-state index contributed by atoms with van der Waals surface area (Å²) < 4.78 is 15.8. The molecule has 5 rings (SSSR count). The minimum atomic E-state index is -1.45. The Balaban J connectivity index is 1.44. The molecule has 1 spiro atoms. The minimum absolute atomic E-state index is 0.0482. The zero-order chi connectivity index (χ0) is 21.8. The van der Waals surface area contributed by atoms with Gasteiger partial charge < -0.3 is 16.0 Å². The normalized spacial score (nSPS) is 18.0. The first-order valence-electron chi connectivity index (χ1n) is 10.7. The fourth-order valence-corrected chi connectivity index (χ4v) is 4.54. The number of piperidine rings is 1. The summed E-state index contributed by atoms with van der Waals surface area (Å²) in [6.45, 7) is 3.83. The number of aromatic nitrogens is 5. The number of H-pyrrole nitrogens is 1. The Morgan fingerprint density at radius 2 is 2.13 bits per heavy atom. The number of carbonyl (C=O) groups excluding carboxylic acids is 1. The predicted octanol–water partition coefficient (Wildman–Crippen LogP) is 3.70. The molecule has 10 heteroatoms. The molecular formula is C21H27FN8O. The van der Waals surface area contributed by atoms with Crippen molar-refractivity contribution in [2.45, 2.75) is 63.7 Å². The van der Waals surface area contributed by atoms with E-state index in [1.807, 2.05) is 4.90 Å². The van der Waals surface area contributed by atoms with Crippen LogP contribution in [0.15, 0.2) is 18.5 Å². The molecule has 0 unspecified atom stereocenters. The molecule has 2 aliphatic rings. The Labute approximate surface area is 179 Å². The molecule has 4 heterocycles. The van der Waals surface area contributed by atoms with Gasteiger partial charge >= 0.3 is 6.03 Å². The zero-order valence-electron chi connectivity index (χ0n) is 17.8. The number of pyridine rings is 1. The number of carbonyl (C=O) groups is 1. The standard InChI is InChI=1S/C21H27FN8O/c1-20(2,22)12-30-16-9-14(24-10-13(16)18(23)28-30)17-15(11-25-27-17)26-19(31)29-8-4-3-5-21(29)6-7-21/h9-11H,3-8,12H2,1-2H3,(H2,23,28)(H,25,27)(H,26,31). The molecule has 1 aliphatic carbocycles. The second kappa shape index (κ2) is 6.93. The Hall–Kier alpha value is -3.17. The SMILES string of the molecule is CC(C)(F)Cn1nc(N)c2cnc(-c3[nH]ncc3NC(=O)N3CCCCC34CC4)cc21. The van der Waals surface area contributed by atoms with Crippen LogP contribution in [0.1, 0.15) is 46.0 Å². The maximum atomic E-state index is 14.3. The molecule has 0 aromatic carbocycles. The molecule has 0 bridgehead atoms. The van der Waals surface area contributed by atoms with Crippen molar-refractivity contribution >= 4 is 28.4 Å². The lowest BCUT2D eigenvalue weighted by atomic mass is 10.0. The van der Waals surface area contributed by atoms with E-state index in [4.69, 9.17) is 5.73 Å². The molecule has 1 aliphatic heterocycles. The van der Waals surface area contributed by atoms with Crippen LogP contribution in [0.3, 0.4) is 0 Å². The number of halogens is 1. The van der Waals surface area contributed by atoms with Gasteiger partial charge in [0.25, 0.3) is 0 Å². The molecule has 0 radical (unpaired) electrons. The van der Waals surface area contributed by atoms with Crippen molar-refractivity contribution < 1.29 is 9.18 Å². The molecule has 4 N–H and O–H groups in total. The summed E-state index contributed by atoms with van der Waals surface area (Å²) in [5.41, 5.74) is 6.98. The van der Waals surface area contributed by atoms with Crippen LogP contribution < -0.4 is 11.1 Å². The molecule has 0 atom stereocenters. The number of likely N-dealkylation sites (tertiary alicyclic amines) is 1. The van der Waals surface area contributed by atoms with E-state index in [-0.39, 0.29) is 18.1 Å². The van der Waals surface area contributed by atoms with Crippen LogP contribution in [0.4, 0.5) is 20.7 Å². The van der Waals surface area contributed by atoms with Gasteiger partial charge in [-0.25, -0.2) is 9.18 Å². The van der Waals surface area contributed by atoms with Crippen LogP contribution in [-0.4, -0.2) is 53.6 Å². The largest absolute Gasteiger partial charge is 0.382 e. The average molecular weight is 427 g/mol. The van der Waals surface area contributed by atoms with Crippen molar-refractivity contribution in [3.05, 3.63) is 18.5 Å². The van der Waals surface area contributed by atoms with E-state index in [0.29, 0.717) is 33.8 Å². The third-order valence-corrected chi connectivity index (χ3v) is 6.25.